The summed E-state index contributed by atoms with van der Waals surface area (Å²) in [4.78, 5) is 0. The van der Waals surface area contributed by atoms with Gasteiger partial charge in [0, 0.05) is 12.6 Å². The summed E-state index contributed by atoms with van der Waals surface area (Å²) in [7, 11) is -3.26. The Balaban J connectivity index is 2.11. The average Bonchev–Trinajstić information content (AvgIpc) is 2.93. The number of rotatable bonds is 6. The van der Waals surface area contributed by atoms with Gasteiger partial charge in [-0.1, -0.05) is 44.0 Å². The molecule has 0 amide bonds. The van der Waals surface area contributed by atoms with E-state index in [2.05, 4.69) is 0 Å². The minimum Gasteiger partial charge on any atom is -0.392 e. The van der Waals surface area contributed by atoms with Crippen LogP contribution in [0.25, 0.3) is 0 Å². The fourth-order valence-electron chi connectivity index (χ4n) is 2.91. The summed E-state index contributed by atoms with van der Waals surface area (Å²) in [5.41, 5.74) is 1.58. The van der Waals surface area contributed by atoms with Crippen LogP contribution in [0.15, 0.2) is 24.3 Å². The molecule has 1 aliphatic rings. The molecule has 0 unspecified atom stereocenters. The second kappa shape index (κ2) is 6.70. The largest absolute Gasteiger partial charge is 0.392 e. The third kappa shape index (κ3) is 3.59. The molecule has 0 bridgehead atoms. The van der Waals surface area contributed by atoms with E-state index in [9.17, 15) is 8.42 Å². The summed E-state index contributed by atoms with van der Waals surface area (Å²) < 4.78 is 26.8. The van der Waals surface area contributed by atoms with Crippen LogP contribution in [0.4, 0.5) is 0 Å². The van der Waals surface area contributed by atoms with Gasteiger partial charge < -0.3 is 5.11 Å². The van der Waals surface area contributed by atoms with Crippen molar-refractivity contribution in [3.05, 3.63) is 35.4 Å². The predicted octanol–water partition coefficient (Wildman–Crippen LogP) is 2.27. The van der Waals surface area contributed by atoms with Gasteiger partial charge in [0.1, 0.15) is 0 Å². The third-order valence-corrected chi connectivity index (χ3v) is 5.92. The molecule has 0 atom stereocenters. The summed E-state index contributed by atoms with van der Waals surface area (Å²) in [5, 5.41) is 9.00. The number of aliphatic hydroxyl groups is 1. The molecule has 1 aromatic rings. The molecule has 0 aliphatic heterocycles. The van der Waals surface area contributed by atoms with Gasteiger partial charge in [-0.05, 0) is 24.0 Å². The zero-order valence-corrected chi connectivity index (χ0v) is 12.8. The first-order valence-corrected chi connectivity index (χ1v) is 8.86. The molecule has 1 aliphatic carbocycles. The summed E-state index contributed by atoms with van der Waals surface area (Å²) in [6, 6.07) is 7.30. The van der Waals surface area contributed by atoms with E-state index in [-0.39, 0.29) is 18.4 Å². The number of benzene rings is 1. The first-order valence-electron chi connectivity index (χ1n) is 7.25. The maximum atomic E-state index is 12.5. The Morgan fingerprint density at radius 2 is 1.70 bits per heavy atom. The fraction of sp³-hybridized carbons (Fsp3) is 0.600. The van der Waals surface area contributed by atoms with Crippen molar-refractivity contribution in [1.29, 1.82) is 0 Å². The van der Waals surface area contributed by atoms with E-state index in [1.165, 1.54) is 0 Å². The standard InChI is InChI=1S/C15H23NO3S/c1-2-16(15-5-3-4-6-15)20(18,19)12-14-9-7-13(11-17)8-10-14/h7-10,15,17H,2-6,11-12H2,1H3. The molecule has 1 saturated carbocycles. The zero-order chi connectivity index (χ0) is 14.6. The predicted molar refractivity (Wildman–Crippen MR) is 79.6 cm³/mol. The smallest absolute Gasteiger partial charge is 0.218 e. The zero-order valence-electron chi connectivity index (χ0n) is 12.0. The van der Waals surface area contributed by atoms with Gasteiger partial charge in [-0.25, -0.2) is 8.42 Å². The maximum absolute atomic E-state index is 12.5. The molecule has 0 heterocycles. The number of hydrogen-bond acceptors (Lipinski definition) is 3. The lowest BCUT2D eigenvalue weighted by Gasteiger charge is -2.26. The van der Waals surface area contributed by atoms with E-state index < -0.39 is 10.0 Å². The monoisotopic (exact) mass is 297 g/mol. The Labute approximate surface area is 121 Å². The van der Waals surface area contributed by atoms with Crippen LogP contribution in [-0.4, -0.2) is 30.4 Å². The van der Waals surface area contributed by atoms with Gasteiger partial charge in [-0.15, -0.1) is 0 Å². The molecule has 1 aromatic carbocycles. The minimum atomic E-state index is -3.26. The highest BCUT2D eigenvalue weighted by Crippen LogP contribution is 2.26. The molecular weight excluding hydrogens is 274 g/mol. The van der Waals surface area contributed by atoms with Gasteiger partial charge >= 0.3 is 0 Å². The summed E-state index contributed by atoms with van der Waals surface area (Å²) >= 11 is 0. The molecule has 112 valence electrons. The first kappa shape index (κ1) is 15.5. The van der Waals surface area contributed by atoms with E-state index in [1.54, 1.807) is 28.6 Å². The van der Waals surface area contributed by atoms with Gasteiger partial charge in [0.2, 0.25) is 10.0 Å². The highest BCUT2D eigenvalue weighted by atomic mass is 32.2. The first-order chi connectivity index (χ1) is 9.56. The van der Waals surface area contributed by atoms with Gasteiger partial charge in [0.25, 0.3) is 0 Å². The van der Waals surface area contributed by atoms with Crippen LogP contribution in [0.1, 0.15) is 43.7 Å². The van der Waals surface area contributed by atoms with Crippen molar-refractivity contribution in [2.24, 2.45) is 0 Å². The second-order valence-electron chi connectivity index (χ2n) is 5.37. The Bertz CT molecular complexity index is 519. The molecule has 4 nitrogen and oxygen atoms in total. The topological polar surface area (TPSA) is 57.6 Å². The molecule has 0 saturated heterocycles. The number of aliphatic hydroxyl groups excluding tert-OH is 1. The normalized spacial score (nSPS) is 16.9. The molecule has 2 rings (SSSR count). The quantitative estimate of drug-likeness (QED) is 0.876. The SMILES string of the molecule is CCN(C1CCCC1)S(=O)(=O)Cc1ccc(CO)cc1. The van der Waals surface area contributed by atoms with Crippen molar-refractivity contribution in [2.45, 2.75) is 51.0 Å². The summed E-state index contributed by atoms with van der Waals surface area (Å²) in [6.07, 6.45) is 4.22. The Morgan fingerprint density at radius 1 is 1.15 bits per heavy atom. The molecule has 20 heavy (non-hydrogen) atoms. The summed E-state index contributed by atoms with van der Waals surface area (Å²) in [5.74, 6) is 0.0447. The van der Waals surface area contributed by atoms with Crippen molar-refractivity contribution >= 4 is 10.0 Å². The highest BCUT2D eigenvalue weighted by Gasteiger charge is 2.30. The van der Waals surface area contributed by atoms with Crippen molar-refractivity contribution in [1.82, 2.24) is 4.31 Å². The van der Waals surface area contributed by atoms with Crippen LogP contribution in [0.5, 0.6) is 0 Å². The van der Waals surface area contributed by atoms with Gasteiger partial charge in [0.15, 0.2) is 0 Å². The molecular formula is C15H23NO3S. The minimum absolute atomic E-state index is 0.0177. The van der Waals surface area contributed by atoms with Gasteiger partial charge in [-0.3, -0.25) is 0 Å². The summed E-state index contributed by atoms with van der Waals surface area (Å²) in [6.45, 7) is 2.43. The van der Waals surface area contributed by atoms with Crippen LogP contribution in [-0.2, 0) is 22.4 Å². The van der Waals surface area contributed by atoms with E-state index >= 15 is 0 Å². The Morgan fingerprint density at radius 3 is 2.20 bits per heavy atom. The van der Waals surface area contributed by atoms with E-state index in [0.717, 1.165) is 36.8 Å². The van der Waals surface area contributed by atoms with Crippen LogP contribution in [0.2, 0.25) is 0 Å². The maximum Gasteiger partial charge on any atom is 0.218 e. The molecule has 0 spiro atoms. The third-order valence-electron chi connectivity index (χ3n) is 3.96. The van der Waals surface area contributed by atoms with Crippen molar-refractivity contribution in [3.63, 3.8) is 0 Å². The Kier molecular flexibility index (Phi) is 5.18. The van der Waals surface area contributed by atoms with Crippen molar-refractivity contribution < 1.29 is 13.5 Å². The van der Waals surface area contributed by atoms with Crippen LogP contribution < -0.4 is 0 Å². The van der Waals surface area contributed by atoms with Gasteiger partial charge in [-0.2, -0.15) is 4.31 Å². The van der Waals surface area contributed by atoms with E-state index in [4.69, 9.17) is 5.11 Å². The fourth-order valence-corrected chi connectivity index (χ4v) is 4.75. The lowest BCUT2D eigenvalue weighted by molar-refractivity contribution is 0.282. The van der Waals surface area contributed by atoms with Crippen LogP contribution in [0, 0.1) is 0 Å². The van der Waals surface area contributed by atoms with Crippen molar-refractivity contribution in [2.75, 3.05) is 6.54 Å². The second-order valence-corrected chi connectivity index (χ2v) is 7.29. The average molecular weight is 297 g/mol. The highest BCUT2D eigenvalue weighted by molar-refractivity contribution is 7.88. The Hall–Kier alpha value is -0.910. The molecule has 0 aromatic heterocycles. The molecule has 1 fully saturated rings. The number of sulfonamides is 1. The molecule has 5 heteroatoms. The van der Waals surface area contributed by atoms with E-state index in [1.807, 2.05) is 6.92 Å². The molecule has 1 N–H and O–H groups in total. The van der Waals surface area contributed by atoms with E-state index in [0.29, 0.717) is 6.54 Å². The van der Waals surface area contributed by atoms with Crippen LogP contribution >= 0.6 is 0 Å². The van der Waals surface area contributed by atoms with Crippen LogP contribution in [0.3, 0.4) is 0 Å². The lowest BCUT2D eigenvalue weighted by atomic mass is 10.2. The lowest BCUT2D eigenvalue weighted by Crippen LogP contribution is -2.39. The number of nitrogens with zero attached hydrogens (tertiary/aromatic N) is 1. The van der Waals surface area contributed by atoms with Gasteiger partial charge in [0.05, 0.1) is 12.4 Å². The molecule has 0 radical (unpaired) electrons. The van der Waals surface area contributed by atoms with Crippen molar-refractivity contribution in [3.8, 4) is 0 Å². The number of hydrogen-bond donors (Lipinski definition) is 1.